The summed E-state index contributed by atoms with van der Waals surface area (Å²) in [5, 5.41) is 22.9. The minimum absolute atomic E-state index is 0. The van der Waals surface area contributed by atoms with Crippen molar-refractivity contribution in [3.8, 4) is 11.5 Å². The van der Waals surface area contributed by atoms with E-state index in [2.05, 4.69) is 36.5 Å². The zero-order valence-corrected chi connectivity index (χ0v) is 13.7. The van der Waals surface area contributed by atoms with E-state index in [1.165, 1.54) is 11.1 Å². The van der Waals surface area contributed by atoms with Crippen molar-refractivity contribution in [1.29, 1.82) is 0 Å². The molecule has 0 spiro atoms. The Morgan fingerprint density at radius 3 is 2.43 bits per heavy atom. The first-order valence-corrected chi connectivity index (χ1v) is 6.97. The van der Waals surface area contributed by atoms with E-state index < -0.39 is 0 Å². The second kappa shape index (κ2) is 6.50. The van der Waals surface area contributed by atoms with Crippen LogP contribution in [0.4, 0.5) is 0 Å². The Kier molecular flexibility index (Phi) is 4.91. The second-order valence-electron chi connectivity index (χ2n) is 5.46. The average Bonchev–Trinajstić information content (AvgIpc) is 2.63. The molecule has 2 aromatic rings. The maximum Gasteiger partial charge on any atom is 0.157 e. The van der Waals surface area contributed by atoms with Gasteiger partial charge in [-0.1, -0.05) is 29.8 Å². The maximum absolute atomic E-state index is 9.81. The molecule has 1 atom stereocenters. The van der Waals surface area contributed by atoms with Gasteiger partial charge in [0.15, 0.2) is 11.5 Å². The SMILES string of the molecule is Br.Cc1ccc(C2CNCCc3cc(O)c(O)cc32)cc1. The van der Waals surface area contributed by atoms with E-state index in [0.717, 1.165) is 30.6 Å². The summed E-state index contributed by atoms with van der Waals surface area (Å²) in [4.78, 5) is 0. The molecule has 2 aromatic carbocycles. The smallest absolute Gasteiger partial charge is 0.157 e. The van der Waals surface area contributed by atoms with Crippen LogP contribution in [-0.2, 0) is 6.42 Å². The monoisotopic (exact) mass is 349 g/mol. The number of aryl methyl sites for hydroxylation is 1. The van der Waals surface area contributed by atoms with Crippen LogP contribution in [0.15, 0.2) is 36.4 Å². The first-order valence-electron chi connectivity index (χ1n) is 6.97. The highest BCUT2D eigenvalue weighted by atomic mass is 79.9. The number of halogens is 1. The molecule has 0 amide bonds. The summed E-state index contributed by atoms with van der Waals surface area (Å²) < 4.78 is 0. The van der Waals surface area contributed by atoms with Crippen molar-refractivity contribution in [3.05, 3.63) is 58.7 Å². The van der Waals surface area contributed by atoms with Crippen LogP contribution in [-0.4, -0.2) is 23.3 Å². The fourth-order valence-corrected chi connectivity index (χ4v) is 2.85. The average molecular weight is 350 g/mol. The summed E-state index contributed by atoms with van der Waals surface area (Å²) in [6.07, 6.45) is 0.867. The molecule has 0 fully saturated rings. The summed E-state index contributed by atoms with van der Waals surface area (Å²) in [5.74, 6) is 0.135. The molecule has 0 aromatic heterocycles. The minimum atomic E-state index is -0.0391. The highest BCUT2D eigenvalue weighted by Gasteiger charge is 2.22. The van der Waals surface area contributed by atoms with Crippen LogP contribution < -0.4 is 5.32 Å². The van der Waals surface area contributed by atoms with Gasteiger partial charge in [0, 0.05) is 12.5 Å². The standard InChI is InChI=1S/C17H19NO2.BrH/c1-11-2-4-12(5-3-11)15-10-18-7-6-13-8-16(19)17(20)9-14(13)15;/h2-5,8-9,15,18-20H,6-7,10H2,1H3;1H. The number of hydrogen-bond acceptors (Lipinski definition) is 3. The van der Waals surface area contributed by atoms with Crippen molar-refractivity contribution < 1.29 is 10.2 Å². The highest BCUT2D eigenvalue weighted by Crippen LogP contribution is 2.36. The summed E-state index contributed by atoms with van der Waals surface area (Å²) in [7, 11) is 0. The predicted octanol–water partition coefficient (Wildman–Crippen LogP) is 3.26. The Hall–Kier alpha value is -1.52. The lowest BCUT2D eigenvalue weighted by atomic mass is 9.87. The van der Waals surface area contributed by atoms with Gasteiger partial charge in [-0.05, 0) is 48.7 Å². The first-order chi connectivity index (χ1) is 9.65. The van der Waals surface area contributed by atoms with Gasteiger partial charge in [-0.15, -0.1) is 17.0 Å². The first kappa shape index (κ1) is 15.9. The van der Waals surface area contributed by atoms with Gasteiger partial charge in [0.05, 0.1) is 0 Å². The van der Waals surface area contributed by atoms with Crippen molar-refractivity contribution >= 4 is 17.0 Å². The second-order valence-corrected chi connectivity index (χ2v) is 5.46. The lowest BCUT2D eigenvalue weighted by Crippen LogP contribution is -2.20. The number of aromatic hydroxyl groups is 2. The molecule has 0 saturated heterocycles. The molecule has 21 heavy (non-hydrogen) atoms. The van der Waals surface area contributed by atoms with Crippen molar-refractivity contribution in [1.82, 2.24) is 5.32 Å². The zero-order valence-electron chi connectivity index (χ0n) is 12.0. The Morgan fingerprint density at radius 2 is 1.71 bits per heavy atom. The molecule has 112 valence electrons. The third-order valence-corrected chi connectivity index (χ3v) is 4.01. The summed E-state index contributed by atoms with van der Waals surface area (Å²) >= 11 is 0. The highest BCUT2D eigenvalue weighted by molar-refractivity contribution is 8.93. The van der Waals surface area contributed by atoms with Crippen LogP contribution in [0.1, 0.15) is 28.2 Å². The van der Waals surface area contributed by atoms with Crippen molar-refractivity contribution in [3.63, 3.8) is 0 Å². The number of rotatable bonds is 1. The van der Waals surface area contributed by atoms with Gasteiger partial charge >= 0.3 is 0 Å². The molecule has 4 heteroatoms. The van der Waals surface area contributed by atoms with E-state index in [1.807, 2.05) is 0 Å². The Bertz CT molecular complexity index is 625. The Balaban J connectivity index is 0.00000161. The molecule has 1 aliphatic heterocycles. The van der Waals surface area contributed by atoms with Crippen LogP contribution in [0.2, 0.25) is 0 Å². The molecule has 3 N–H and O–H groups in total. The topological polar surface area (TPSA) is 52.5 Å². The molecule has 1 unspecified atom stereocenters. The number of hydrogen-bond donors (Lipinski definition) is 3. The minimum Gasteiger partial charge on any atom is -0.504 e. The van der Waals surface area contributed by atoms with Crippen LogP contribution in [0.5, 0.6) is 11.5 Å². The molecule has 1 heterocycles. The van der Waals surface area contributed by atoms with Gasteiger partial charge in [-0.25, -0.2) is 0 Å². The van der Waals surface area contributed by atoms with Crippen LogP contribution >= 0.6 is 17.0 Å². The van der Waals surface area contributed by atoms with Crippen LogP contribution in [0.3, 0.4) is 0 Å². The summed E-state index contributed by atoms with van der Waals surface area (Å²) in [5.41, 5.74) is 4.69. The molecule has 0 aliphatic carbocycles. The van der Waals surface area contributed by atoms with Gasteiger partial charge in [0.2, 0.25) is 0 Å². The van der Waals surface area contributed by atoms with E-state index in [1.54, 1.807) is 12.1 Å². The molecule has 0 saturated carbocycles. The van der Waals surface area contributed by atoms with E-state index in [4.69, 9.17) is 0 Å². The molecule has 3 rings (SSSR count). The Labute approximate surface area is 135 Å². The largest absolute Gasteiger partial charge is 0.504 e. The van der Waals surface area contributed by atoms with E-state index in [9.17, 15) is 10.2 Å². The summed E-state index contributed by atoms with van der Waals surface area (Å²) in [6.45, 7) is 3.81. The molecule has 1 aliphatic rings. The van der Waals surface area contributed by atoms with Crippen LogP contribution in [0, 0.1) is 6.92 Å². The molecule has 0 bridgehead atoms. The van der Waals surface area contributed by atoms with E-state index in [0.29, 0.717) is 0 Å². The lowest BCUT2D eigenvalue weighted by molar-refractivity contribution is 0.402. The van der Waals surface area contributed by atoms with E-state index >= 15 is 0 Å². The van der Waals surface area contributed by atoms with Gasteiger partial charge in [0.1, 0.15) is 0 Å². The van der Waals surface area contributed by atoms with E-state index in [-0.39, 0.29) is 34.4 Å². The quantitative estimate of drug-likeness (QED) is 0.692. The predicted molar refractivity (Wildman–Crippen MR) is 89.7 cm³/mol. The van der Waals surface area contributed by atoms with Gasteiger partial charge in [-0.2, -0.15) is 0 Å². The number of benzene rings is 2. The number of phenolic OH excluding ortho intramolecular Hbond substituents is 2. The number of nitrogens with one attached hydrogen (secondary N) is 1. The number of phenols is 2. The van der Waals surface area contributed by atoms with Gasteiger partial charge < -0.3 is 15.5 Å². The Morgan fingerprint density at radius 1 is 1.05 bits per heavy atom. The number of fused-ring (bicyclic) bond motifs is 1. The van der Waals surface area contributed by atoms with Crippen molar-refractivity contribution in [2.75, 3.05) is 13.1 Å². The zero-order chi connectivity index (χ0) is 14.1. The maximum atomic E-state index is 9.81. The van der Waals surface area contributed by atoms with Gasteiger partial charge in [0.25, 0.3) is 0 Å². The normalized spacial score (nSPS) is 17.5. The molecule has 0 radical (unpaired) electrons. The van der Waals surface area contributed by atoms with Crippen molar-refractivity contribution in [2.45, 2.75) is 19.3 Å². The fourth-order valence-electron chi connectivity index (χ4n) is 2.85. The molecule has 3 nitrogen and oxygen atoms in total. The lowest BCUT2D eigenvalue weighted by Gasteiger charge is -2.19. The molecular weight excluding hydrogens is 330 g/mol. The summed E-state index contributed by atoms with van der Waals surface area (Å²) in [6, 6.07) is 11.9. The van der Waals surface area contributed by atoms with Crippen molar-refractivity contribution in [2.24, 2.45) is 0 Å². The molecular formula is C17H20BrNO2. The third kappa shape index (κ3) is 3.22. The fraction of sp³-hybridized carbons (Fsp3) is 0.294. The third-order valence-electron chi connectivity index (χ3n) is 4.01. The van der Waals surface area contributed by atoms with Gasteiger partial charge in [-0.3, -0.25) is 0 Å². The van der Waals surface area contributed by atoms with Crippen LogP contribution in [0.25, 0.3) is 0 Å².